The van der Waals surface area contributed by atoms with E-state index in [1.165, 1.54) is 12.5 Å². The highest BCUT2D eigenvalue weighted by molar-refractivity contribution is 5.76. The molecule has 0 saturated carbocycles. The molecule has 1 N–H and O–H groups in total. The number of unbranched alkanes of at least 4 members (excludes halogenated alkanes) is 2. The fraction of sp³-hybridized carbons (Fsp3) is 0.400. The van der Waals surface area contributed by atoms with E-state index in [0.717, 1.165) is 24.8 Å². The summed E-state index contributed by atoms with van der Waals surface area (Å²) in [6, 6.07) is 15.1. The molecule has 1 amide bonds. The highest BCUT2D eigenvalue weighted by Gasteiger charge is 2.14. The number of hydrogen-bond acceptors (Lipinski definition) is 2. The first-order valence-corrected chi connectivity index (χ1v) is 8.70. The Bertz CT molecular complexity index is 679. The molecule has 0 spiro atoms. The molecule has 1 unspecified atom stereocenters. The average molecular weight is 326 g/mol. The molecule has 4 nitrogen and oxygen atoms in total. The van der Waals surface area contributed by atoms with Gasteiger partial charge in [0.15, 0.2) is 0 Å². The molecule has 0 aliphatic carbocycles. The van der Waals surface area contributed by atoms with Gasteiger partial charge < -0.3 is 9.88 Å². The third-order valence-electron chi connectivity index (χ3n) is 4.11. The first-order valence-electron chi connectivity index (χ1n) is 8.70. The minimum absolute atomic E-state index is 0.0175. The van der Waals surface area contributed by atoms with Crippen molar-refractivity contribution in [1.82, 2.24) is 9.88 Å². The molecule has 1 heterocycles. The van der Waals surface area contributed by atoms with Crippen LogP contribution < -0.4 is 10.9 Å². The average Bonchev–Trinajstić information content (AvgIpc) is 2.61. The number of carbonyl (C=O) groups is 1. The summed E-state index contributed by atoms with van der Waals surface area (Å²) in [5.41, 5.74) is 1.06. The minimum atomic E-state index is -0.0761. The Kier molecular flexibility index (Phi) is 7.27. The summed E-state index contributed by atoms with van der Waals surface area (Å²) >= 11 is 0. The molecule has 0 saturated heterocycles. The van der Waals surface area contributed by atoms with E-state index in [4.69, 9.17) is 0 Å². The van der Waals surface area contributed by atoms with E-state index in [1.807, 2.05) is 18.2 Å². The van der Waals surface area contributed by atoms with Crippen molar-refractivity contribution in [3.63, 3.8) is 0 Å². The summed E-state index contributed by atoms with van der Waals surface area (Å²) in [6.45, 7) is 2.58. The number of nitrogens with one attached hydrogen (secondary N) is 1. The van der Waals surface area contributed by atoms with E-state index < -0.39 is 0 Å². The van der Waals surface area contributed by atoms with E-state index in [0.29, 0.717) is 13.0 Å². The van der Waals surface area contributed by atoms with Crippen molar-refractivity contribution in [2.75, 3.05) is 0 Å². The molecule has 1 atom stereocenters. The molecule has 1 aromatic heterocycles. The molecule has 128 valence electrons. The van der Waals surface area contributed by atoms with Crippen LogP contribution in [0.1, 0.15) is 50.6 Å². The summed E-state index contributed by atoms with van der Waals surface area (Å²) in [4.78, 5) is 24.0. The largest absolute Gasteiger partial charge is 0.349 e. The maximum atomic E-state index is 12.3. The molecule has 24 heavy (non-hydrogen) atoms. The normalized spacial score (nSPS) is 11.9. The standard InChI is InChI=1S/C20H26N2O2/c1-2-3-5-12-18(17-10-6-4-7-11-17)21-19(23)14-16-22-15-9-8-13-20(22)24/h4,6-11,13,15,18H,2-3,5,12,14,16H2,1H3,(H,21,23). The van der Waals surface area contributed by atoms with E-state index in [2.05, 4.69) is 24.4 Å². The van der Waals surface area contributed by atoms with Gasteiger partial charge in [0.05, 0.1) is 6.04 Å². The quantitative estimate of drug-likeness (QED) is 0.715. The summed E-state index contributed by atoms with van der Waals surface area (Å²) in [5, 5.41) is 3.13. The summed E-state index contributed by atoms with van der Waals surface area (Å²) in [6.07, 6.45) is 6.38. The van der Waals surface area contributed by atoms with Gasteiger partial charge in [-0.2, -0.15) is 0 Å². The predicted molar refractivity (Wildman–Crippen MR) is 96.8 cm³/mol. The molecule has 1 aromatic carbocycles. The van der Waals surface area contributed by atoms with E-state index in [9.17, 15) is 9.59 Å². The Balaban J connectivity index is 1.94. The molecule has 0 bridgehead atoms. The maximum absolute atomic E-state index is 12.3. The van der Waals surface area contributed by atoms with Gasteiger partial charge >= 0.3 is 0 Å². The summed E-state index contributed by atoms with van der Waals surface area (Å²) in [5.74, 6) is -0.0175. The van der Waals surface area contributed by atoms with E-state index >= 15 is 0 Å². The highest BCUT2D eigenvalue weighted by Crippen LogP contribution is 2.20. The number of hydrogen-bond donors (Lipinski definition) is 1. The zero-order chi connectivity index (χ0) is 17.2. The Hall–Kier alpha value is -2.36. The zero-order valence-electron chi connectivity index (χ0n) is 14.3. The first-order chi connectivity index (χ1) is 11.7. The molecule has 0 fully saturated rings. The molecular weight excluding hydrogens is 300 g/mol. The Morgan fingerprint density at radius 3 is 2.54 bits per heavy atom. The number of amides is 1. The van der Waals surface area contributed by atoms with Crippen LogP contribution in [0.15, 0.2) is 59.5 Å². The van der Waals surface area contributed by atoms with Gasteiger partial charge in [-0.25, -0.2) is 0 Å². The number of aromatic nitrogens is 1. The lowest BCUT2D eigenvalue weighted by Gasteiger charge is -2.19. The molecule has 0 aliphatic rings. The number of aryl methyl sites for hydroxylation is 1. The van der Waals surface area contributed by atoms with Crippen molar-refractivity contribution in [1.29, 1.82) is 0 Å². The number of rotatable bonds is 9. The molecule has 0 radical (unpaired) electrons. The highest BCUT2D eigenvalue weighted by atomic mass is 16.2. The summed E-state index contributed by atoms with van der Waals surface area (Å²) < 4.78 is 1.56. The molecular formula is C20H26N2O2. The van der Waals surface area contributed by atoms with E-state index in [-0.39, 0.29) is 17.5 Å². The predicted octanol–water partition coefficient (Wildman–Crippen LogP) is 3.68. The summed E-state index contributed by atoms with van der Waals surface area (Å²) in [7, 11) is 0. The Morgan fingerprint density at radius 2 is 1.83 bits per heavy atom. The second kappa shape index (κ2) is 9.71. The number of nitrogens with zero attached hydrogens (tertiary/aromatic N) is 1. The van der Waals surface area contributed by atoms with Gasteiger partial charge in [0.2, 0.25) is 5.91 Å². The van der Waals surface area contributed by atoms with Crippen LogP contribution >= 0.6 is 0 Å². The first kappa shape index (κ1) is 18.0. The van der Waals surface area contributed by atoms with Gasteiger partial charge in [0.25, 0.3) is 5.56 Å². The smallest absolute Gasteiger partial charge is 0.250 e. The lowest BCUT2D eigenvalue weighted by Crippen LogP contribution is -2.30. The van der Waals surface area contributed by atoms with Gasteiger partial charge in [-0.05, 0) is 18.1 Å². The van der Waals surface area contributed by atoms with Crippen LogP contribution in [0.25, 0.3) is 0 Å². The van der Waals surface area contributed by atoms with Crippen LogP contribution in [0.2, 0.25) is 0 Å². The lowest BCUT2D eigenvalue weighted by atomic mass is 10.0. The van der Waals surface area contributed by atoms with Crippen molar-refractivity contribution in [3.05, 3.63) is 70.6 Å². The third-order valence-corrected chi connectivity index (χ3v) is 4.11. The Labute approximate surface area is 143 Å². The monoisotopic (exact) mass is 326 g/mol. The Morgan fingerprint density at radius 1 is 1.08 bits per heavy atom. The minimum Gasteiger partial charge on any atom is -0.349 e. The maximum Gasteiger partial charge on any atom is 0.250 e. The van der Waals surface area contributed by atoms with Gasteiger partial charge in [-0.15, -0.1) is 0 Å². The van der Waals surface area contributed by atoms with Crippen molar-refractivity contribution < 1.29 is 4.79 Å². The molecule has 2 rings (SSSR count). The zero-order valence-corrected chi connectivity index (χ0v) is 14.3. The van der Waals surface area contributed by atoms with Crippen molar-refractivity contribution in [2.45, 2.75) is 51.6 Å². The topological polar surface area (TPSA) is 51.1 Å². The van der Waals surface area contributed by atoms with Crippen LogP contribution in [0, 0.1) is 0 Å². The van der Waals surface area contributed by atoms with Crippen LogP contribution in [0.4, 0.5) is 0 Å². The number of carbonyl (C=O) groups excluding carboxylic acids is 1. The fourth-order valence-electron chi connectivity index (χ4n) is 2.74. The molecule has 0 aliphatic heterocycles. The van der Waals surface area contributed by atoms with Crippen molar-refractivity contribution >= 4 is 5.91 Å². The van der Waals surface area contributed by atoms with Crippen molar-refractivity contribution in [3.8, 4) is 0 Å². The van der Waals surface area contributed by atoms with Gasteiger partial charge in [0, 0.05) is 25.2 Å². The van der Waals surface area contributed by atoms with Gasteiger partial charge in [-0.1, -0.05) is 62.6 Å². The molecule has 2 aromatic rings. The van der Waals surface area contributed by atoms with Gasteiger partial charge in [0.1, 0.15) is 0 Å². The van der Waals surface area contributed by atoms with E-state index in [1.54, 1.807) is 22.9 Å². The number of benzene rings is 1. The van der Waals surface area contributed by atoms with Crippen LogP contribution in [-0.4, -0.2) is 10.5 Å². The van der Waals surface area contributed by atoms with Crippen LogP contribution in [-0.2, 0) is 11.3 Å². The van der Waals surface area contributed by atoms with Crippen LogP contribution in [0.5, 0.6) is 0 Å². The van der Waals surface area contributed by atoms with Crippen molar-refractivity contribution in [2.24, 2.45) is 0 Å². The second-order valence-corrected chi connectivity index (χ2v) is 6.01. The lowest BCUT2D eigenvalue weighted by molar-refractivity contribution is -0.122. The molecule has 4 heteroatoms. The van der Waals surface area contributed by atoms with Gasteiger partial charge in [-0.3, -0.25) is 9.59 Å². The second-order valence-electron chi connectivity index (χ2n) is 6.01. The third kappa shape index (κ3) is 5.69. The fourth-order valence-corrected chi connectivity index (χ4v) is 2.74. The SMILES string of the molecule is CCCCCC(NC(=O)CCn1ccccc1=O)c1ccccc1. The number of pyridine rings is 1. The van der Waals surface area contributed by atoms with Crippen LogP contribution in [0.3, 0.4) is 0 Å².